The minimum absolute atomic E-state index is 0. The van der Waals surface area contributed by atoms with Crippen LogP contribution < -0.4 is 5.73 Å². The van der Waals surface area contributed by atoms with Crippen LogP contribution in [0.2, 0.25) is 0 Å². The van der Waals surface area contributed by atoms with Crippen molar-refractivity contribution in [2.45, 2.75) is 23.6 Å². The van der Waals surface area contributed by atoms with Gasteiger partial charge in [-0.05, 0) is 12.8 Å². The van der Waals surface area contributed by atoms with Gasteiger partial charge in [0, 0.05) is 12.3 Å². The molecular formula is C7H14ClNO4S. The van der Waals surface area contributed by atoms with Crippen LogP contribution in [0.5, 0.6) is 0 Å². The zero-order valence-electron chi connectivity index (χ0n) is 8.02. The number of halogens is 1. The van der Waals surface area contributed by atoms with Crippen LogP contribution >= 0.6 is 12.4 Å². The van der Waals surface area contributed by atoms with Gasteiger partial charge >= 0.3 is 5.97 Å². The van der Waals surface area contributed by atoms with Gasteiger partial charge in [0.1, 0.15) is 0 Å². The summed E-state index contributed by atoms with van der Waals surface area (Å²) in [5.74, 6) is -0.697. The molecule has 84 valence electrons. The lowest BCUT2D eigenvalue weighted by molar-refractivity contribution is -0.146. The largest absolute Gasteiger partial charge is 0.468 e. The molecular weight excluding hydrogens is 230 g/mol. The Balaban J connectivity index is 0.00000169. The number of hydrogen-bond acceptors (Lipinski definition) is 5. The molecule has 0 bridgehead atoms. The molecule has 14 heavy (non-hydrogen) atoms. The Morgan fingerprint density at radius 3 is 2.14 bits per heavy atom. The average molecular weight is 244 g/mol. The molecule has 0 unspecified atom stereocenters. The quantitative estimate of drug-likeness (QED) is 0.660. The monoisotopic (exact) mass is 243 g/mol. The molecule has 1 aliphatic rings. The summed E-state index contributed by atoms with van der Waals surface area (Å²) < 4.78 is 25.7. The van der Waals surface area contributed by atoms with Gasteiger partial charge in [-0.25, -0.2) is 8.42 Å². The van der Waals surface area contributed by atoms with Gasteiger partial charge in [-0.1, -0.05) is 0 Å². The molecule has 7 heteroatoms. The number of sulfone groups is 1. The van der Waals surface area contributed by atoms with E-state index >= 15 is 0 Å². The lowest BCUT2D eigenvalue weighted by Crippen LogP contribution is -2.61. The summed E-state index contributed by atoms with van der Waals surface area (Å²) in [5.41, 5.74) is 5.47. The predicted octanol–water partition coefficient (Wildman–Crippen LogP) is -0.514. The van der Waals surface area contributed by atoms with E-state index in [2.05, 4.69) is 4.74 Å². The van der Waals surface area contributed by atoms with Gasteiger partial charge in [0.25, 0.3) is 0 Å². The summed E-state index contributed by atoms with van der Waals surface area (Å²) in [6, 6.07) is -0.214. The van der Waals surface area contributed by atoms with Crippen LogP contribution in [0.3, 0.4) is 0 Å². The van der Waals surface area contributed by atoms with Gasteiger partial charge in [0.05, 0.1) is 7.11 Å². The Kier molecular flexibility index (Phi) is 3.94. The summed E-state index contributed by atoms with van der Waals surface area (Å²) in [4.78, 5) is 11.3. The Morgan fingerprint density at radius 1 is 1.50 bits per heavy atom. The molecule has 0 aromatic carbocycles. The average Bonchev–Trinajstić information content (AvgIpc) is 1.94. The van der Waals surface area contributed by atoms with E-state index in [4.69, 9.17) is 5.73 Å². The smallest absolute Gasteiger partial charge is 0.327 e. The maximum atomic E-state index is 11.3. The number of ether oxygens (including phenoxy) is 1. The van der Waals surface area contributed by atoms with Gasteiger partial charge in [-0.2, -0.15) is 0 Å². The molecule has 1 saturated carbocycles. The number of methoxy groups -OCH3 is 1. The van der Waals surface area contributed by atoms with Crippen molar-refractivity contribution in [3.8, 4) is 0 Å². The fourth-order valence-electron chi connectivity index (χ4n) is 1.59. The van der Waals surface area contributed by atoms with Crippen molar-refractivity contribution in [1.82, 2.24) is 0 Å². The van der Waals surface area contributed by atoms with E-state index in [1.807, 2.05) is 0 Å². The molecule has 0 aromatic rings. The first-order valence-electron chi connectivity index (χ1n) is 3.87. The Hall–Kier alpha value is -0.330. The molecule has 0 amide bonds. The highest BCUT2D eigenvalue weighted by Crippen LogP contribution is 2.39. The third kappa shape index (κ3) is 1.87. The van der Waals surface area contributed by atoms with Crippen molar-refractivity contribution in [2.75, 3.05) is 13.4 Å². The van der Waals surface area contributed by atoms with Gasteiger partial charge in [-0.15, -0.1) is 12.4 Å². The third-order valence-corrected chi connectivity index (χ3v) is 4.37. The minimum Gasteiger partial charge on any atom is -0.468 e. The predicted molar refractivity (Wildman–Crippen MR) is 54.0 cm³/mol. The van der Waals surface area contributed by atoms with E-state index in [1.165, 1.54) is 7.11 Å². The summed E-state index contributed by atoms with van der Waals surface area (Å²) in [6.45, 7) is 0. The van der Waals surface area contributed by atoms with Gasteiger partial charge < -0.3 is 10.5 Å². The van der Waals surface area contributed by atoms with Crippen LogP contribution in [0.15, 0.2) is 0 Å². The van der Waals surface area contributed by atoms with Gasteiger partial charge in [0.2, 0.25) is 0 Å². The molecule has 0 aromatic heterocycles. The molecule has 0 heterocycles. The number of nitrogens with two attached hydrogens (primary N) is 1. The highest BCUT2D eigenvalue weighted by Gasteiger charge is 2.57. The van der Waals surface area contributed by atoms with Crippen molar-refractivity contribution in [3.05, 3.63) is 0 Å². The maximum Gasteiger partial charge on any atom is 0.327 e. The van der Waals surface area contributed by atoms with E-state index in [-0.39, 0.29) is 31.3 Å². The lowest BCUT2D eigenvalue weighted by Gasteiger charge is -2.41. The summed E-state index contributed by atoms with van der Waals surface area (Å²) >= 11 is 0. The normalized spacial score (nSPS) is 31.2. The Morgan fingerprint density at radius 2 is 1.93 bits per heavy atom. The van der Waals surface area contributed by atoms with E-state index in [0.29, 0.717) is 0 Å². The van der Waals surface area contributed by atoms with Gasteiger partial charge in [-0.3, -0.25) is 4.79 Å². The number of hydrogen-bond donors (Lipinski definition) is 1. The highest BCUT2D eigenvalue weighted by atomic mass is 35.5. The van der Waals surface area contributed by atoms with Crippen LogP contribution in [0.1, 0.15) is 12.8 Å². The van der Waals surface area contributed by atoms with Crippen LogP contribution in [-0.2, 0) is 19.4 Å². The molecule has 0 atom stereocenters. The number of carbonyl (C=O) groups is 1. The topological polar surface area (TPSA) is 86.5 Å². The van der Waals surface area contributed by atoms with Crippen molar-refractivity contribution in [3.63, 3.8) is 0 Å². The summed E-state index contributed by atoms with van der Waals surface area (Å²) in [5, 5.41) is 0. The third-order valence-electron chi connectivity index (χ3n) is 2.45. The van der Waals surface area contributed by atoms with Crippen LogP contribution in [-0.4, -0.2) is 38.5 Å². The number of carbonyl (C=O) groups excluding carboxylic acids is 1. The number of esters is 1. The van der Waals surface area contributed by atoms with E-state index in [0.717, 1.165) is 6.26 Å². The summed E-state index contributed by atoms with van der Waals surface area (Å²) in [6.07, 6.45) is 1.37. The molecule has 2 N–H and O–H groups in total. The second kappa shape index (κ2) is 4.04. The fraction of sp³-hybridized carbons (Fsp3) is 0.857. The molecule has 0 spiro atoms. The minimum atomic E-state index is -3.43. The fourth-order valence-corrected chi connectivity index (χ4v) is 3.01. The zero-order chi connectivity index (χ0) is 10.3. The first-order chi connectivity index (χ1) is 5.83. The van der Waals surface area contributed by atoms with Crippen molar-refractivity contribution < 1.29 is 17.9 Å². The van der Waals surface area contributed by atoms with Crippen molar-refractivity contribution >= 4 is 28.2 Å². The van der Waals surface area contributed by atoms with Crippen LogP contribution in [0.25, 0.3) is 0 Å². The molecule has 1 aliphatic carbocycles. The zero-order valence-corrected chi connectivity index (χ0v) is 9.65. The first kappa shape index (κ1) is 13.7. The van der Waals surface area contributed by atoms with E-state index < -0.39 is 20.6 Å². The van der Waals surface area contributed by atoms with Crippen molar-refractivity contribution in [2.24, 2.45) is 5.73 Å². The first-order valence-corrected chi connectivity index (χ1v) is 5.76. The standard InChI is InChI=1S/C7H13NO4S.ClH/c1-12-6(9)7(13(2,10)11)3-5(8)4-7;/h5H,3-4,8H2,1-2H3;1H. The molecule has 1 fully saturated rings. The molecule has 0 radical (unpaired) electrons. The van der Waals surface area contributed by atoms with Crippen LogP contribution in [0, 0.1) is 0 Å². The lowest BCUT2D eigenvalue weighted by atomic mass is 9.80. The van der Waals surface area contributed by atoms with Crippen molar-refractivity contribution in [1.29, 1.82) is 0 Å². The maximum absolute atomic E-state index is 11.3. The molecule has 0 saturated heterocycles. The number of rotatable bonds is 2. The van der Waals surface area contributed by atoms with E-state index in [1.54, 1.807) is 0 Å². The van der Waals surface area contributed by atoms with Crippen LogP contribution in [0.4, 0.5) is 0 Å². The summed E-state index contributed by atoms with van der Waals surface area (Å²) in [7, 11) is -2.25. The van der Waals surface area contributed by atoms with Gasteiger partial charge in [0.15, 0.2) is 14.6 Å². The second-order valence-electron chi connectivity index (χ2n) is 3.43. The molecule has 5 nitrogen and oxygen atoms in total. The molecule has 0 aliphatic heterocycles. The second-order valence-corrected chi connectivity index (χ2v) is 5.75. The molecule has 1 rings (SSSR count). The highest BCUT2D eigenvalue weighted by molar-refractivity contribution is 7.93. The Bertz CT molecular complexity index is 321. The SMILES string of the molecule is COC(=O)C1(S(C)(=O)=O)CC(N)C1.Cl. The Labute approximate surface area is 89.3 Å². The van der Waals surface area contributed by atoms with E-state index in [9.17, 15) is 13.2 Å².